The van der Waals surface area contributed by atoms with Crippen molar-refractivity contribution in [1.82, 2.24) is 29.4 Å². The van der Waals surface area contributed by atoms with Gasteiger partial charge in [0, 0.05) is 38.4 Å². The Kier molecular flexibility index (Phi) is 8.43. The van der Waals surface area contributed by atoms with Crippen molar-refractivity contribution in [2.24, 2.45) is 0 Å². The molecule has 2 N–H and O–H groups in total. The third kappa shape index (κ3) is 5.97. The van der Waals surface area contributed by atoms with Gasteiger partial charge in [-0.05, 0) is 36.1 Å². The summed E-state index contributed by atoms with van der Waals surface area (Å²) in [4.78, 5) is 48.4. The Morgan fingerprint density at radius 3 is 2.78 bits per heavy atom. The number of aromatic nitrogens is 5. The van der Waals surface area contributed by atoms with Crippen LogP contribution in [0.1, 0.15) is 38.2 Å². The first-order valence-corrected chi connectivity index (χ1v) is 11.1. The van der Waals surface area contributed by atoms with E-state index >= 15 is 0 Å². The summed E-state index contributed by atoms with van der Waals surface area (Å²) in [5.41, 5.74) is 0.543. The van der Waals surface area contributed by atoms with Crippen molar-refractivity contribution < 1.29 is 9.53 Å². The second-order valence-corrected chi connectivity index (χ2v) is 7.71. The number of aromatic amines is 1. The van der Waals surface area contributed by atoms with Gasteiger partial charge in [0.25, 0.3) is 5.56 Å². The molecule has 0 atom stereocenters. The van der Waals surface area contributed by atoms with Crippen molar-refractivity contribution in [2.75, 3.05) is 13.2 Å². The van der Waals surface area contributed by atoms with Gasteiger partial charge in [0.1, 0.15) is 0 Å². The molecule has 0 bridgehead atoms. The number of fused-ring (bicyclic) bond motifs is 1. The Bertz CT molecular complexity index is 1150. The fourth-order valence-electron chi connectivity index (χ4n) is 3.34. The predicted octanol–water partition coefficient (Wildman–Crippen LogP) is 2.48. The number of ether oxygens (including phenoxy) is 1. The smallest absolute Gasteiger partial charge is 0.407 e. The predicted molar refractivity (Wildman–Crippen MR) is 121 cm³/mol. The lowest BCUT2D eigenvalue weighted by molar-refractivity contribution is 0.147. The van der Waals surface area contributed by atoms with Gasteiger partial charge in [-0.1, -0.05) is 25.8 Å². The maximum Gasteiger partial charge on any atom is 0.407 e. The number of pyridine rings is 1. The van der Waals surface area contributed by atoms with Crippen LogP contribution in [-0.2, 0) is 24.2 Å². The van der Waals surface area contributed by atoms with E-state index in [-0.39, 0.29) is 36.1 Å². The van der Waals surface area contributed by atoms with Crippen molar-refractivity contribution in [3.63, 3.8) is 0 Å². The zero-order valence-corrected chi connectivity index (χ0v) is 18.7. The minimum absolute atomic E-state index is 0.0641. The summed E-state index contributed by atoms with van der Waals surface area (Å²) in [5, 5.41) is 2.70. The Labute approximate surface area is 189 Å². The number of hydrogen-bond donors (Lipinski definition) is 2. The van der Waals surface area contributed by atoms with Crippen LogP contribution in [0.3, 0.4) is 0 Å². The maximum atomic E-state index is 12.9. The van der Waals surface area contributed by atoms with Gasteiger partial charge in [-0.2, -0.15) is 4.98 Å². The van der Waals surface area contributed by atoms with Crippen LogP contribution >= 0.6 is 11.6 Å². The number of carbonyl (C=O) groups is 1. The average molecular weight is 463 g/mol. The number of carbonyl (C=O) groups excluding carboxylic acids is 1. The lowest BCUT2D eigenvalue weighted by Crippen LogP contribution is -2.41. The number of nitrogens with zero attached hydrogens (tertiary/aromatic N) is 4. The molecular formula is C21H27ClN6O4. The lowest BCUT2D eigenvalue weighted by atomic mass is 10.2. The van der Waals surface area contributed by atoms with Crippen LogP contribution in [0.15, 0.2) is 34.1 Å². The van der Waals surface area contributed by atoms with E-state index in [1.54, 1.807) is 12.4 Å². The van der Waals surface area contributed by atoms with E-state index in [0.717, 1.165) is 29.4 Å². The number of nitrogens with one attached hydrogen (secondary N) is 2. The number of halogens is 1. The maximum absolute atomic E-state index is 12.9. The second kappa shape index (κ2) is 11.5. The largest absolute Gasteiger partial charge is 0.449 e. The van der Waals surface area contributed by atoms with Crippen molar-refractivity contribution in [3.8, 4) is 0 Å². The Morgan fingerprint density at radius 2 is 2.03 bits per heavy atom. The number of imidazole rings is 1. The molecule has 3 aromatic rings. The van der Waals surface area contributed by atoms with Crippen LogP contribution in [-0.4, -0.2) is 43.3 Å². The highest BCUT2D eigenvalue weighted by atomic mass is 35.5. The van der Waals surface area contributed by atoms with E-state index in [4.69, 9.17) is 16.3 Å². The zero-order valence-electron chi connectivity index (χ0n) is 18.0. The number of amides is 1. The highest BCUT2D eigenvalue weighted by Gasteiger charge is 2.16. The fourth-order valence-corrected chi connectivity index (χ4v) is 3.52. The van der Waals surface area contributed by atoms with E-state index in [2.05, 4.69) is 27.2 Å². The van der Waals surface area contributed by atoms with E-state index in [0.29, 0.717) is 19.4 Å². The first kappa shape index (κ1) is 23.5. The summed E-state index contributed by atoms with van der Waals surface area (Å²) in [6, 6.07) is 3.73. The molecule has 3 aromatic heterocycles. The van der Waals surface area contributed by atoms with E-state index in [1.165, 1.54) is 4.57 Å². The normalized spacial score (nSPS) is 11.1. The van der Waals surface area contributed by atoms with Gasteiger partial charge in [0.05, 0.1) is 6.61 Å². The molecule has 0 saturated carbocycles. The van der Waals surface area contributed by atoms with Gasteiger partial charge < -0.3 is 15.0 Å². The first-order valence-electron chi connectivity index (χ1n) is 10.7. The molecule has 0 radical (unpaired) electrons. The van der Waals surface area contributed by atoms with Crippen LogP contribution in [0, 0.1) is 0 Å². The number of unbranched alkanes of at least 4 members (excludes halogenated alkanes) is 2. The zero-order chi connectivity index (χ0) is 22.9. The molecule has 172 valence electrons. The minimum Gasteiger partial charge on any atom is -0.449 e. The first-order chi connectivity index (χ1) is 15.5. The van der Waals surface area contributed by atoms with Gasteiger partial charge in [-0.25, -0.2) is 9.59 Å². The van der Waals surface area contributed by atoms with E-state index in [9.17, 15) is 14.4 Å². The summed E-state index contributed by atoms with van der Waals surface area (Å²) in [5.74, 6) is 0. The quantitative estimate of drug-likeness (QED) is 0.333. The molecular weight excluding hydrogens is 436 g/mol. The molecule has 11 heteroatoms. The van der Waals surface area contributed by atoms with Crippen molar-refractivity contribution >= 4 is 28.9 Å². The third-order valence-corrected chi connectivity index (χ3v) is 5.17. The Morgan fingerprint density at radius 1 is 1.22 bits per heavy atom. The number of aryl methyl sites for hydroxylation is 1. The van der Waals surface area contributed by atoms with Crippen LogP contribution < -0.4 is 16.6 Å². The van der Waals surface area contributed by atoms with Gasteiger partial charge >= 0.3 is 11.8 Å². The van der Waals surface area contributed by atoms with Crippen LogP contribution in [0.25, 0.3) is 11.2 Å². The standard InChI is InChI=1S/C21H27ClN6O4/c1-2-3-4-11-27-17-16(25-19(22)26-17)18(29)28(21(27)31)12-6-10-24-20(30)32-13-8-15-7-5-9-23-14-15/h5,7,9,14H,2-4,6,8,10-13H2,1H3,(H,24,30)(H,25,26). The van der Waals surface area contributed by atoms with Crippen molar-refractivity contribution in [3.05, 3.63) is 56.2 Å². The summed E-state index contributed by atoms with van der Waals surface area (Å²) in [6.45, 7) is 3.16. The molecule has 0 aliphatic rings. The van der Waals surface area contributed by atoms with Gasteiger partial charge in [-0.15, -0.1) is 0 Å². The second-order valence-electron chi connectivity index (χ2n) is 7.35. The number of rotatable bonds is 11. The summed E-state index contributed by atoms with van der Waals surface area (Å²) >= 11 is 5.94. The molecule has 0 fully saturated rings. The Balaban J connectivity index is 1.56. The average Bonchev–Trinajstić information content (AvgIpc) is 3.18. The molecule has 1 amide bonds. The molecule has 0 unspecified atom stereocenters. The molecule has 32 heavy (non-hydrogen) atoms. The molecule has 0 saturated heterocycles. The summed E-state index contributed by atoms with van der Waals surface area (Å²) in [7, 11) is 0. The van der Waals surface area contributed by atoms with Crippen molar-refractivity contribution in [1.29, 1.82) is 0 Å². The van der Waals surface area contributed by atoms with Crippen LogP contribution in [0.5, 0.6) is 0 Å². The molecule has 3 rings (SSSR count). The highest BCUT2D eigenvalue weighted by molar-refractivity contribution is 6.28. The monoisotopic (exact) mass is 462 g/mol. The SMILES string of the molecule is CCCCCn1c(=O)n(CCCNC(=O)OCCc2cccnc2)c(=O)c2[nH]c(Cl)nc21. The molecule has 0 aliphatic carbocycles. The Hall–Kier alpha value is -3.14. The lowest BCUT2D eigenvalue weighted by Gasteiger charge is -2.11. The van der Waals surface area contributed by atoms with Gasteiger partial charge in [-0.3, -0.25) is 18.9 Å². The van der Waals surface area contributed by atoms with E-state index < -0.39 is 17.3 Å². The number of H-pyrrole nitrogens is 1. The minimum atomic E-state index is -0.547. The van der Waals surface area contributed by atoms with Crippen molar-refractivity contribution in [2.45, 2.75) is 52.1 Å². The molecule has 10 nitrogen and oxygen atoms in total. The van der Waals surface area contributed by atoms with Crippen LogP contribution in [0.2, 0.25) is 5.28 Å². The number of alkyl carbamates (subject to hydrolysis) is 1. The molecule has 0 spiro atoms. The number of hydrogen-bond acceptors (Lipinski definition) is 6. The fraction of sp³-hybridized carbons (Fsp3) is 0.476. The molecule has 0 aliphatic heterocycles. The van der Waals surface area contributed by atoms with Crippen LogP contribution in [0.4, 0.5) is 4.79 Å². The summed E-state index contributed by atoms with van der Waals surface area (Å²) in [6.07, 6.45) is 6.56. The van der Waals surface area contributed by atoms with E-state index in [1.807, 2.05) is 12.1 Å². The third-order valence-electron chi connectivity index (χ3n) is 4.99. The van der Waals surface area contributed by atoms with Gasteiger partial charge in [0.2, 0.25) is 5.28 Å². The molecule has 3 heterocycles. The summed E-state index contributed by atoms with van der Waals surface area (Å²) < 4.78 is 7.77. The topological polar surface area (TPSA) is 124 Å². The van der Waals surface area contributed by atoms with Gasteiger partial charge in [0.15, 0.2) is 11.2 Å². The molecule has 0 aromatic carbocycles. The highest BCUT2D eigenvalue weighted by Crippen LogP contribution is 2.10.